The summed E-state index contributed by atoms with van der Waals surface area (Å²) in [4.78, 5) is 39.6. The van der Waals surface area contributed by atoms with Crippen LogP contribution in [-0.4, -0.2) is 71.3 Å². The molecule has 0 aliphatic carbocycles. The van der Waals surface area contributed by atoms with Crippen molar-refractivity contribution < 1.29 is 14.4 Å². The number of amides is 2. The maximum Gasteiger partial charge on any atom is 0.246 e. The van der Waals surface area contributed by atoms with Crippen molar-refractivity contribution in [2.75, 3.05) is 32.7 Å². The van der Waals surface area contributed by atoms with E-state index in [9.17, 15) is 9.59 Å². The Morgan fingerprint density at radius 3 is 2.76 bits per heavy atom. The Kier molecular flexibility index (Phi) is 5.95. The number of likely N-dealkylation sites (tertiary alicyclic amines) is 1. The molecule has 1 atom stereocenters. The first-order valence-electron chi connectivity index (χ1n) is 13.5. The van der Waals surface area contributed by atoms with Crippen molar-refractivity contribution in [3.63, 3.8) is 0 Å². The Labute approximate surface area is 222 Å². The van der Waals surface area contributed by atoms with Gasteiger partial charge in [-0.15, -0.1) is 0 Å². The number of fused-ring (bicyclic) bond motifs is 2. The van der Waals surface area contributed by atoms with Crippen LogP contribution in [-0.2, 0) is 27.6 Å². The topological polar surface area (TPSA) is 77.5 Å². The molecule has 0 spiro atoms. The summed E-state index contributed by atoms with van der Waals surface area (Å²) in [6, 6.07) is 16.9. The van der Waals surface area contributed by atoms with Gasteiger partial charge in [-0.25, -0.2) is 0 Å². The van der Waals surface area contributed by atoms with Gasteiger partial charge in [0.1, 0.15) is 11.9 Å². The maximum atomic E-state index is 12.4. The molecule has 8 heteroatoms. The lowest BCUT2D eigenvalue weighted by Crippen LogP contribution is -2.52. The van der Waals surface area contributed by atoms with Crippen molar-refractivity contribution in [1.82, 2.24) is 20.2 Å². The van der Waals surface area contributed by atoms with E-state index in [-0.39, 0.29) is 11.8 Å². The van der Waals surface area contributed by atoms with Crippen molar-refractivity contribution in [2.45, 2.75) is 38.0 Å². The number of hydrogen-bond acceptors (Lipinski definition) is 7. The normalized spacial score (nSPS) is 24.2. The van der Waals surface area contributed by atoms with Crippen LogP contribution < -0.4 is 5.32 Å². The lowest BCUT2D eigenvalue weighted by Gasteiger charge is -2.40. The first-order valence-corrected chi connectivity index (χ1v) is 13.5. The van der Waals surface area contributed by atoms with Gasteiger partial charge in [-0.2, -0.15) is 5.06 Å². The van der Waals surface area contributed by atoms with Crippen LogP contribution in [0.1, 0.15) is 41.0 Å². The van der Waals surface area contributed by atoms with Gasteiger partial charge in [0, 0.05) is 50.3 Å². The summed E-state index contributed by atoms with van der Waals surface area (Å²) in [5.74, 6) is 1.16. The Morgan fingerprint density at radius 1 is 1.05 bits per heavy atom. The second kappa shape index (κ2) is 9.62. The number of hydrogen-bond donors (Lipinski definition) is 1. The van der Waals surface area contributed by atoms with Crippen LogP contribution in [0.25, 0.3) is 5.57 Å². The van der Waals surface area contributed by atoms with E-state index in [0.29, 0.717) is 31.9 Å². The van der Waals surface area contributed by atoms with Crippen molar-refractivity contribution >= 4 is 23.2 Å². The van der Waals surface area contributed by atoms with E-state index in [4.69, 9.17) is 9.83 Å². The fraction of sp³-hybridized carbons (Fsp3) is 0.367. The molecule has 1 unspecified atom stereocenters. The number of hydroxylamine groups is 2. The molecule has 0 radical (unpaired) electrons. The summed E-state index contributed by atoms with van der Waals surface area (Å²) in [7, 11) is 0. The van der Waals surface area contributed by atoms with E-state index in [0.717, 1.165) is 60.8 Å². The van der Waals surface area contributed by atoms with Gasteiger partial charge in [0.05, 0.1) is 19.7 Å². The minimum absolute atomic E-state index is 0.213. The molecule has 2 saturated heterocycles. The third kappa shape index (κ3) is 4.38. The van der Waals surface area contributed by atoms with Crippen LogP contribution in [0.15, 0.2) is 71.4 Å². The fourth-order valence-corrected chi connectivity index (χ4v) is 6.11. The number of carbonyl (C=O) groups is 2. The van der Waals surface area contributed by atoms with E-state index < -0.39 is 6.04 Å². The summed E-state index contributed by atoms with van der Waals surface area (Å²) in [6.07, 6.45) is 5.38. The highest BCUT2D eigenvalue weighted by molar-refractivity contribution is 6.24. The summed E-state index contributed by atoms with van der Waals surface area (Å²) < 4.78 is 0. The Morgan fingerprint density at radius 2 is 1.92 bits per heavy atom. The van der Waals surface area contributed by atoms with Gasteiger partial charge < -0.3 is 4.90 Å². The molecule has 2 amide bonds. The number of nitrogens with zero attached hydrogens (tertiary/aromatic N) is 4. The van der Waals surface area contributed by atoms with Crippen LogP contribution in [0, 0.1) is 0 Å². The van der Waals surface area contributed by atoms with Crippen molar-refractivity contribution in [1.29, 1.82) is 0 Å². The number of piperidine rings is 1. The number of amidine groups is 1. The van der Waals surface area contributed by atoms with Gasteiger partial charge in [-0.1, -0.05) is 42.5 Å². The quantitative estimate of drug-likeness (QED) is 0.625. The smallest absolute Gasteiger partial charge is 0.246 e. The second-order valence-corrected chi connectivity index (χ2v) is 10.8. The Bertz CT molecular complexity index is 1380. The van der Waals surface area contributed by atoms with Gasteiger partial charge in [-0.3, -0.25) is 29.6 Å². The van der Waals surface area contributed by atoms with Crippen LogP contribution in [0.2, 0.25) is 0 Å². The molecule has 0 bridgehead atoms. The summed E-state index contributed by atoms with van der Waals surface area (Å²) in [6.45, 7) is 5.74. The highest BCUT2D eigenvalue weighted by atomic mass is 16.7. The number of carbonyl (C=O) groups excluding carboxylic acids is 2. The average molecular weight is 510 g/mol. The second-order valence-electron chi connectivity index (χ2n) is 10.8. The SMILES string of the molecule is O=C1CCC(N2Cc3cc(C4=CC(CN5CC(c6ccccc6)C5)=CN5CCN=C45)ccc3CO2)C(=O)N1. The van der Waals surface area contributed by atoms with Gasteiger partial charge in [0.25, 0.3) is 0 Å². The number of aliphatic imine (C=N–C) groups is 1. The Balaban J connectivity index is 1.09. The zero-order valence-electron chi connectivity index (χ0n) is 21.3. The molecule has 5 aliphatic heterocycles. The monoisotopic (exact) mass is 509 g/mol. The molecule has 1 N–H and O–H groups in total. The standard InChI is InChI=1S/C30H31N5O3/c36-28-9-8-27(30(37)32-28)35-18-24-13-22(6-7-23(24)19-38-35)26-12-20(15-34-11-10-31-29(26)34)14-33-16-25(17-33)21-4-2-1-3-5-21/h1-7,12-13,15,25,27H,8-11,14,16-19H2,(H,32,36,37). The number of imide groups is 1. The van der Waals surface area contributed by atoms with E-state index in [1.165, 1.54) is 11.1 Å². The molecular weight excluding hydrogens is 478 g/mol. The van der Waals surface area contributed by atoms with Gasteiger partial charge in [-0.05, 0) is 46.4 Å². The minimum Gasteiger partial charge on any atom is -0.331 e. The molecule has 2 aromatic carbocycles. The third-order valence-corrected chi connectivity index (χ3v) is 8.19. The largest absolute Gasteiger partial charge is 0.331 e. The van der Waals surface area contributed by atoms with Crippen LogP contribution >= 0.6 is 0 Å². The van der Waals surface area contributed by atoms with E-state index in [1.54, 1.807) is 5.06 Å². The van der Waals surface area contributed by atoms with Gasteiger partial charge >= 0.3 is 0 Å². The molecule has 2 aromatic rings. The highest BCUT2D eigenvalue weighted by Gasteiger charge is 2.35. The van der Waals surface area contributed by atoms with Crippen molar-refractivity contribution in [3.8, 4) is 0 Å². The predicted molar refractivity (Wildman–Crippen MR) is 144 cm³/mol. The zero-order valence-corrected chi connectivity index (χ0v) is 21.3. The molecule has 7 rings (SSSR count). The fourth-order valence-electron chi connectivity index (χ4n) is 6.11. The van der Waals surface area contributed by atoms with Gasteiger partial charge in [0.15, 0.2) is 0 Å². The predicted octanol–water partition coefficient (Wildman–Crippen LogP) is 2.83. The van der Waals surface area contributed by atoms with Crippen molar-refractivity contribution in [3.05, 3.63) is 88.6 Å². The van der Waals surface area contributed by atoms with Crippen LogP contribution in [0.5, 0.6) is 0 Å². The van der Waals surface area contributed by atoms with Crippen LogP contribution in [0.4, 0.5) is 0 Å². The molecule has 2 fully saturated rings. The molecule has 194 valence electrons. The maximum absolute atomic E-state index is 12.4. The molecule has 5 heterocycles. The molecule has 0 saturated carbocycles. The molecule has 8 nitrogen and oxygen atoms in total. The zero-order chi connectivity index (χ0) is 25.6. The van der Waals surface area contributed by atoms with E-state index in [1.807, 2.05) is 0 Å². The first kappa shape index (κ1) is 23.5. The van der Waals surface area contributed by atoms with Gasteiger partial charge in [0.2, 0.25) is 11.8 Å². The van der Waals surface area contributed by atoms with E-state index >= 15 is 0 Å². The first-order chi connectivity index (χ1) is 18.6. The lowest BCUT2D eigenvalue weighted by atomic mass is 9.90. The lowest BCUT2D eigenvalue weighted by molar-refractivity contribution is -0.216. The highest BCUT2D eigenvalue weighted by Crippen LogP contribution is 2.33. The third-order valence-electron chi connectivity index (χ3n) is 8.19. The molecule has 5 aliphatic rings. The number of benzene rings is 2. The minimum atomic E-state index is -0.445. The molecule has 38 heavy (non-hydrogen) atoms. The van der Waals surface area contributed by atoms with Crippen LogP contribution in [0.3, 0.4) is 0 Å². The number of rotatable bonds is 5. The molecule has 0 aromatic heterocycles. The Hall–Kier alpha value is -3.59. The molecular formula is C30H31N5O3. The summed E-state index contributed by atoms with van der Waals surface area (Å²) in [5.41, 5.74) is 7.30. The number of nitrogens with one attached hydrogen (secondary N) is 1. The van der Waals surface area contributed by atoms with E-state index in [2.05, 4.69) is 75.9 Å². The van der Waals surface area contributed by atoms with Crippen molar-refractivity contribution in [2.24, 2.45) is 4.99 Å². The summed E-state index contributed by atoms with van der Waals surface area (Å²) >= 11 is 0. The summed E-state index contributed by atoms with van der Waals surface area (Å²) in [5, 5.41) is 4.18. The average Bonchev–Trinajstić information content (AvgIpc) is 3.39.